The molecule has 0 aliphatic heterocycles. The molecule has 2 heterocycles. The molecule has 0 atom stereocenters. The Morgan fingerprint density at radius 1 is 1.54 bits per heavy atom. The van der Waals surface area contributed by atoms with Crippen LogP contribution in [0.3, 0.4) is 0 Å². The number of aromatic nitrogens is 2. The predicted octanol–water partition coefficient (Wildman–Crippen LogP) is 1.49. The summed E-state index contributed by atoms with van der Waals surface area (Å²) in [4.78, 5) is 4.21. The van der Waals surface area contributed by atoms with Gasteiger partial charge in [-0.05, 0) is 24.6 Å². The first-order valence-electron chi connectivity index (χ1n) is 4.13. The lowest BCUT2D eigenvalue weighted by Gasteiger charge is -2.01. The lowest BCUT2D eigenvalue weighted by atomic mass is 10.2. The van der Waals surface area contributed by atoms with Gasteiger partial charge < -0.3 is 5.73 Å². The maximum Gasteiger partial charge on any atom is 0.141 e. The number of fused-ring (bicyclic) bond motifs is 1. The molecule has 2 rings (SSSR count). The summed E-state index contributed by atoms with van der Waals surface area (Å²) in [6.45, 7) is 0.629. The number of nitrogens with zero attached hydrogens (tertiary/aromatic N) is 2. The molecular weight excluding hydrogens is 186 g/mol. The average Bonchev–Trinajstić information content (AvgIpc) is 2.50. The molecule has 0 aliphatic carbocycles. The summed E-state index contributed by atoms with van der Waals surface area (Å²) < 4.78 is 1.85. The zero-order valence-corrected chi connectivity index (χ0v) is 7.83. The first kappa shape index (κ1) is 8.53. The molecule has 0 aliphatic rings. The van der Waals surface area contributed by atoms with E-state index in [1.165, 1.54) is 0 Å². The Hall–Kier alpha value is -1.06. The second-order valence-corrected chi connectivity index (χ2v) is 3.23. The molecule has 0 saturated carbocycles. The third-order valence-electron chi connectivity index (χ3n) is 1.99. The van der Waals surface area contributed by atoms with Crippen molar-refractivity contribution in [3.8, 4) is 0 Å². The van der Waals surface area contributed by atoms with Gasteiger partial charge in [-0.3, -0.25) is 4.40 Å². The van der Waals surface area contributed by atoms with Crippen molar-refractivity contribution >= 4 is 17.2 Å². The number of pyridine rings is 1. The van der Waals surface area contributed by atoms with Crippen molar-refractivity contribution in [3.05, 3.63) is 35.2 Å². The van der Waals surface area contributed by atoms with E-state index in [1.54, 1.807) is 6.20 Å². The Morgan fingerprint density at radius 2 is 2.38 bits per heavy atom. The van der Waals surface area contributed by atoms with Crippen molar-refractivity contribution in [1.82, 2.24) is 9.38 Å². The van der Waals surface area contributed by atoms with Crippen molar-refractivity contribution < 1.29 is 0 Å². The molecule has 0 radical (unpaired) electrons. The van der Waals surface area contributed by atoms with Crippen LogP contribution in [0.2, 0.25) is 5.15 Å². The minimum absolute atomic E-state index is 0.629. The smallest absolute Gasteiger partial charge is 0.141 e. The van der Waals surface area contributed by atoms with Crippen LogP contribution in [0.25, 0.3) is 5.65 Å². The fourth-order valence-electron chi connectivity index (χ4n) is 1.39. The van der Waals surface area contributed by atoms with E-state index < -0.39 is 0 Å². The van der Waals surface area contributed by atoms with E-state index in [1.807, 2.05) is 22.7 Å². The van der Waals surface area contributed by atoms with Crippen molar-refractivity contribution in [2.24, 2.45) is 5.73 Å². The first-order valence-corrected chi connectivity index (χ1v) is 4.51. The van der Waals surface area contributed by atoms with Gasteiger partial charge in [0.25, 0.3) is 0 Å². The van der Waals surface area contributed by atoms with Gasteiger partial charge >= 0.3 is 0 Å². The van der Waals surface area contributed by atoms with Crippen molar-refractivity contribution in [2.45, 2.75) is 6.42 Å². The van der Waals surface area contributed by atoms with Gasteiger partial charge in [0.1, 0.15) is 10.8 Å². The number of imidazole rings is 1. The number of nitrogens with two attached hydrogens (primary N) is 1. The third-order valence-corrected chi connectivity index (χ3v) is 2.26. The molecule has 2 aromatic rings. The zero-order valence-electron chi connectivity index (χ0n) is 7.07. The third kappa shape index (κ3) is 1.41. The highest BCUT2D eigenvalue weighted by Gasteiger charge is 2.03. The van der Waals surface area contributed by atoms with E-state index in [-0.39, 0.29) is 0 Å². The van der Waals surface area contributed by atoms with Crippen LogP contribution in [0, 0.1) is 0 Å². The Bertz CT molecular complexity index is 422. The fourth-order valence-corrected chi connectivity index (χ4v) is 1.58. The van der Waals surface area contributed by atoms with Crippen LogP contribution >= 0.6 is 11.6 Å². The summed E-state index contributed by atoms with van der Waals surface area (Å²) in [5.41, 5.74) is 7.53. The zero-order chi connectivity index (χ0) is 9.26. The summed E-state index contributed by atoms with van der Waals surface area (Å²) in [5, 5.41) is 0.633. The van der Waals surface area contributed by atoms with E-state index in [2.05, 4.69) is 4.98 Å². The van der Waals surface area contributed by atoms with Crippen LogP contribution in [0.15, 0.2) is 24.5 Å². The Labute approximate surface area is 81.1 Å². The molecular formula is C9H10ClN3. The highest BCUT2D eigenvalue weighted by molar-refractivity contribution is 6.29. The standard InChI is InChI=1S/C9H10ClN3/c10-8-6-12-9-7(3-4-11)2-1-5-13(8)9/h1-2,5-6H,3-4,11H2. The molecule has 13 heavy (non-hydrogen) atoms. The van der Waals surface area contributed by atoms with Crippen LogP contribution in [-0.4, -0.2) is 15.9 Å². The monoisotopic (exact) mass is 195 g/mol. The number of halogens is 1. The van der Waals surface area contributed by atoms with Crippen LogP contribution in [0.4, 0.5) is 0 Å². The molecule has 0 fully saturated rings. The van der Waals surface area contributed by atoms with Gasteiger partial charge in [-0.1, -0.05) is 17.7 Å². The minimum Gasteiger partial charge on any atom is -0.330 e. The van der Waals surface area contributed by atoms with Gasteiger partial charge in [-0.25, -0.2) is 4.98 Å². The van der Waals surface area contributed by atoms with Gasteiger partial charge in [0.2, 0.25) is 0 Å². The second kappa shape index (κ2) is 3.36. The lowest BCUT2D eigenvalue weighted by Crippen LogP contribution is -2.04. The van der Waals surface area contributed by atoms with E-state index in [0.29, 0.717) is 11.7 Å². The van der Waals surface area contributed by atoms with Gasteiger partial charge in [0, 0.05) is 6.20 Å². The van der Waals surface area contributed by atoms with Crippen LogP contribution in [0.1, 0.15) is 5.56 Å². The van der Waals surface area contributed by atoms with E-state index >= 15 is 0 Å². The van der Waals surface area contributed by atoms with E-state index in [0.717, 1.165) is 17.6 Å². The quantitative estimate of drug-likeness (QED) is 0.789. The maximum atomic E-state index is 5.91. The van der Waals surface area contributed by atoms with Crippen molar-refractivity contribution in [3.63, 3.8) is 0 Å². The summed E-state index contributed by atoms with van der Waals surface area (Å²) in [5.74, 6) is 0. The van der Waals surface area contributed by atoms with Gasteiger partial charge in [0.15, 0.2) is 0 Å². The molecule has 2 aromatic heterocycles. The van der Waals surface area contributed by atoms with E-state index in [4.69, 9.17) is 17.3 Å². The number of hydrogen-bond donors (Lipinski definition) is 1. The molecule has 0 spiro atoms. The van der Waals surface area contributed by atoms with Crippen LogP contribution in [0.5, 0.6) is 0 Å². The van der Waals surface area contributed by atoms with Crippen molar-refractivity contribution in [1.29, 1.82) is 0 Å². The van der Waals surface area contributed by atoms with Gasteiger partial charge in [-0.15, -0.1) is 0 Å². The van der Waals surface area contributed by atoms with Crippen molar-refractivity contribution in [2.75, 3.05) is 6.54 Å². The first-order chi connectivity index (χ1) is 6.33. The Balaban J connectivity index is 2.63. The average molecular weight is 196 g/mol. The SMILES string of the molecule is NCCc1cccn2c(Cl)cnc12. The normalized spacial score (nSPS) is 10.9. The highest BCUT2D eigenvalue weighted by Crippen LogP contribution is 2.15. The lowest BCUT2D eigenvalue weighted by molar-refractivity contribution is 0.960. The molecule has 0 amide bonds. The second-order valence-electron chi connectivity index (χ2n) is 2.85. The summed E-state index contributed by atoms with van der Waals surface area (Å²) in [7, 11) is 0. The summed E-state index contributed by atoms with van der Waals surface area (Å²) >= 11 is 5.91. The highest BCUT2D eigenvalue weighted by atomic mass is 35.5. The molecule has 0 bridgehead atoms. The predicted molar refractivity (Wildman–Crippen MR) is 53.0 cm³/mol. The molecule has 4 heteroatoms. The number of hydrogen-bond acceptors (Lipinski definition) is 2. The molecule has 68 valence electrons. The molecule has 0 saturated heterocycles. The summed E-state index contributed by atoms with van der Waals surface area (Å²) in [6, 6.07) is 3.97. The van der Waals surface area contributed by atoms with Gasteiger partial charge in [0.05, 0.1) is 6.20 Å². The largest absolute Gasteiger partial charge is 0.330 e. The summed E-state index contributed by atoms with van der Waals surface area (Å²) in [6.07, 6.45) is 4.37. The fraction of sp³-hybridized carbons (Fsp3) is 0.222. The Morgan fingerprint density at radius 3 is 3.15 bits per heavy atom. The maximum absolute atomic E-state index is 5.91. The van der Waals surface area contributed by atoms with Crippen LogP contribution < -0.4 is 5.73 Å². The van der Waals surface area contributed by atoms with Crippen LogP contribution in [-0.2, 0) is 6.42 Å². The minimum atomic E-state index is 0.629. The molecule has 0 aromatic carbocycles. The molecule has 0 unspecified atom stereocenters. The van der Waals surface area contributed by atoms with Gasteiger partial charge in [-0.2, -0.15) is 0 Å². The van der Waals surface area contributed by atoms with E-state index in [9.17, 15) is 0 Å². The molecule has 2 N–H and O–H groups in total. The number of rotatable bonds is 2. The Kier molecular flexibility index (Phi) is 2.20. The topological polar surface area (TPSA) is 43.3 Å². The molecule has 3 nitrogen and oxygen atoms in total.